The average Bonchev–Trinajstić information content (AvgIpc) is 2.64. The van der Waals surface area contributed by atoms with Gasteiger partial charge in [-0.05, 0) is 65.9 Å². The van der Waals surface area contributed by atoms with Gasteiger partial charge in [-0.1, -0.05) is 42.5 Å². The summed E-state index contributed by atoms with van der Waals surface area (Å²) in [5.74, 6) is 1.69. The van der Waals surface area contributed by atoms with Gasteiger partial charge in [0.05, 0.1) is 13.7 Å². The van der Waals surface area contributed by atoms with Crippen molar-refractivity contribution in [2.45, 2.75) is 20.8 Å². The molecule has 0 saturated carbocycles. The summed E-state index contributed by atoms with van der Waals surface area (Å²) in [6.07, 6.45) is 2.20. The molecule has 0 fully saturated rings. The summed E-state index contributed by atoms with van der Waals surface area (Å²) >= 11 is 0. The highest BCUT2D eigenvalue weighted by Crippen LogP contribution is 2.31. The molecule has 3 rings (SSSR count). The van der Waals surface area contributed by atoms with Gasteiger partial charge in [0, 0.05) is 6.07 Å². The minimum absolute atomic E-state index is 0.640. The van der Waals surface area contributed by atoms with Crippen LogP contribution in [0, 0.1) is 6.92 Å². The quantitative estimate of drug-likeness (QED) is 0.524. The molecule has 0 aromatic heterocycles. The van der Waals surface area contributed by atoms with Gasteiger partial charge in [0.25, 0.3) is 0 Å². The zero-order valence-electron chi connectivity index (χ0n) is 15.3. The lowest BCUT2D eigenvalue weighted by Crippen LogP contribution is -1.97. The molecule has 0 spiro atoms. The molecule has 0 N–H and O–H groups in total. The second-order valence-corrected chi connectivity index (χ2v) is 6.16. The van der Waals surface area contributed by atoms with E-state index in [1.165, 1.54) is 21.9 Å². The van der Waals surface area contributed by atoms with Crippen molar-refractivity contribution in [1.29, 1.82) is 0 Å². The molecular weight excluding hydrogens is 308 g/mol. The molecule has 0 atom stereocenters. The Hall–Kier alpha value is -2.74. The van der Waals surface area contributed by atoms with Crippen molar-refractivity contribution in [3.8, 4) is 11.5 Å². The summed E-state index contributed by atoms with van der Waals surface area (Å²) in [5, 5.41) is 2.51. The van der Waals surface area contributed by atoms with E-state index in [2.05, 4.69) is 68.5 Å². The second-order valence-electron chi connectivity index (χ2n) is 6.16. The SMILES string of the molecule is CCOc1cc(OC)cc(C=C(C)c2ccc3ccccc3c2)c1C. The number of fused-ring (bicyclic) bond motifs is 1. The molecule has 0 aliphatic carbocycles. The molecule has 25 heavy (non-hydrogen) atoms. The van der Waals surface area contributed by atoms with Crippen molar-refractivity contribution in [2.75, 3.05) is 13.7 Å². The van der Waals surface area contributed by atoms with Gasteiger partial charge in [0.1, 0.15) is 11.5 Å². The van der Waals surface area contributed by atoms with Crippen LogP contribution in [-0.4, -0.2) is 13.7 Å². The Bertz CT molecular complexity index is 923. The number of allylic oxidation sites excluding steroid dienone is 1. The number of hydrogen-bond donors (Lipinski definition) is 0. The van der Waals surface area contributed by atoms with E-state index >= 15 is 0 Å². The smallest absolute Gasteiger partial charge is 0.126 e. The zero-order chi connectivity index (χ0) is 17.8. The third-order valence-electron chi connectivity index (χ3n) is 4.49. The lowest BCUT2D eigenvalue weighted by Gasteiger charge is -2.13. The molecule has 0 amide bonds. The maximum absolute atomic E-state index is 5.76. The van der Waals surface area contributed by atoms with Gasteiger partial charge in [0.2, 0.25) is 0 Å². The van der Waals surface area contributed by atoms with Crippen LogP contribution in [0.1, 0.15) is 30.5 Å². The topological polar surface area (TPSA) is 18.5 Å². The Balaban J connectivity index is 2.04. The zero-order valence-corrected chi connectivity index (χ0v) is 15.3. The van der Waals surface area contributed by atoms with Crippen molar-refractivity contribution in [1.82, 2.24) is 0 Å². The molecule has 0 bridgehead atoms. The van der Waals surface area contributed by atoms with Crippen LogP contribution >= 0.6 is 0 Å². The Labute approximate surface area is 149 Å². The molecule has 128 valence electrons. The first-order valence-corrected chi connectivity index (χ1v) is 8.61. The van der Waals surface area contributed by atoms with E-state index in [1.54, 1.807) is 7.11 Å². The molecule has 0 unspecified atom stereocenters. The minimum atomic E-state index is 0.640. The van der Waals surface area contributed by atoms with E-state index in [4.69, 9.17) is 9.47 Å². The predicted molar refractivity (Wildman–Crippen MR) is 106 cm³/mol. The van der Waals surface area contributed by atoms with Crippen LogP contribution in [0.5, 0.6) is 11.5 Å². The van der Waals surface area contributed by atoms with Gasteiger partial charge >= 0.3 is 0 Å². The van der Waals surface area contributed by atoms with E-state index in [1.807, 2.05) is 13.0 Å². The largest absolute Gasteiger partial charge is 0.497 e. The van der Waals surface area contributed by atoms with Gasteiger partial charge < -0.3 is 9.47 Å². The van der Waals surface area contributed by atoms with E-state index in [9.17, 15) is 0 Å². The Morgan fingerprint density at radius 2 is 1.76 bits per heavy atom. The summed E-state index contributed by atoms with van der Waals surface area (Å²) in [7, 11) is 1.68. The number of rotatable bonds is 5. The molecule has 2 heteroatoms. The van der Waals surface area contributed by atoms with Crippen molar-refractivity contribution in [3.05, 3.63) is 71.3 Å². The molecule has 3 aromatic rings. The maximum Gasteiger partial charge on any atom is 0.126 e. The predicted octanol–water partition coefficient (Wildman–Crippen LogP) is 6.12. The van der Waals surface area contributed by atoms with Gasteiger partial charge in [-0.3, -0.25) is 0 Å². The molecule has 0 heterocycles. The third kappa shape index (κ3) is 3.69. The van der Waals surface area contributed by atoms with Crippen molar-refractivity contribution >= 4 is 22.4 Å². The van der Waals surface area contributed by atoms with Crippen LogP contribution in [0.15, 0.2) is 54.6 Å². The third-order valence-corrected chi connectivity index (χ3v) is 4.49. The van der Waals surface area contributed by atoms with E-state index in [-0.39, 0.29) is 0 Å². The summed E-state index contributed by atoms with van der Waals surface area (Å²) < 4.78 is 11.2. The first-order valence-electron chi connectivity index (χ1n) is 8.61. The molecular formula is C23H24O2. The Morgan fingerprint density at radius 1 is 1.00 bits per heavy atom. The van der Waals surface area contributed by atoms with Crippen LogP contribution < -0.4 is 9.47 Å². The minimum Gasteiger partial charge on any atom is -0.497 e. The summed E-state index contributed by atoms with van der Waals surface area (Å²) in [5.41, 5.74) is 4.68. The molecule has 0 aliphatic heterocycles. The highest BCUT2D eigenvalue weighted by Gasteiger charge is 2.08. The second kappa shape index (κ2) is 7.43. The van der Waals surface area contributed by atoms with E-state index < -0.39 is 0 Å². The number of methoxy groups -OCH3 is 1. The van der Waals surface area contributed by atoms with Crippen LogP contribution in [0.25, 0.3) is 22.4 Å². The van der Waals surface area contributed by atoms with E-state index in [0.717, 1.165) is 22.6 Å². The lowest BCUT2D eigenvalue weighted by atomic mass is 9.98. The summed E-state index contributed by atoms with van der Waals surface area (Å²) in [4.78, 5) is 0. The normalized spacial score (nSPS) is 11.6. The highest BCUT2D eigenvalue weighted by molar-refractivity contribution is 5.89. The fourth-order valence-corrected chi connectivity index (χ4v) is 3.01. The Kier molecular flexibility index (Phi) is 5.08. The maximum atomic E-state index is 5.76. The first-order chi connectivity index (χ1) is 12.1. The fourth-order valence-electron chi connectivity index (χ4n) is 3.01. The first kappa shape index (κ1) is 17.1. The summed E-state index contributed by atoms with van der Waals surface area (Å²) in [6.45, 7) is 6.86. The van der Waals surface area contributed by atoms with Gasteiger partial charge in [-0.25, -0.2) is 0 Å². The van der Waals surface area contributed by atoms with Gasteiger partial charge in [-0.15, -0.1) is 0 Å². The van der Waals surface area contributed by atoms with Crippen LogP contribution in [-0.2, 0) is 0 Å². The summed E-state index contributed by atoms with van der Waals surface area (Å²) in [6, 6.07) is 19.0. The van der Waals surface area contributed by atoms with Crippen LogP contribution in [0.4, 0.5) is 0 Å². The molecule has 0 aliphatic rings. The molecule has 3 aromatic carbocycles. The molecule has 0 saturated heterocycles. The monoisotopic (exact) mass is 332 g/mol. The molecule has 0 radical (unpaired) electrons. The highest BCUT2D eigenvalue weighted by atomic mass is 16.5. The van der Waals surface area contributed by atoms with Crippen molar-refractivity contribution < 1.29 is 9.47 Å². The average molecular weight is 332 g/mol. The van der Waals surface area contributed by atoms with Gasteiger partial charge in [-0.2, -0.15) is 0 Å². The van der Waals surface area contributed by atoms with Gasteiger partial charge in [0.15, 0.2) is 0 Å². The van der Waals surface area contributed by atoms with E-state index in [0.29, 0.717) is 6.61 Å². The van der Waals surface area contributed by atoms with Crippen LogP contribution in [0.2, 0.25) is 0 Å². The fraction of sp³-hybridized carbons (Fsp3) is 0.217. The number of ether oxygens (including phenoxy) is 2. The van der Waals surface area contributed by atoms with Crippen molar-refractivity contribution in [2.24, 2.45) is 0 Å². The number of hydrogen-bond acceptors (Lipinski definition) is 2. The number of benzene rings is 3. The lowest BCUT2D eigenvalue weighted by molar-refractivity contribution is 0.333. The van der Waals surface area contributed by atoms with Crippen LogP contribution in [0.3, 0.4) is 0 Å². The molecule has 2 nitrogen and oxygen atoms in total. The Morgan fingerprint density at radius 3 is 2.48 bits per heavy atom. The van der Waals surface area contributed by atoms with Crippen molar-refractivity contribution in [3.63, 3.8) is 0 Å². The standard InChI is InChI=1S/C23H24O2/c1-5-25-23-15-22(24-4)14-21(17(23)3)12-16(2)19-11-10-18-8-6-7-9-20(18)13-19/h6-15H,5H2,1-4H3.